The van der Waals surface area contributed by atoms with Crippen LogP contribution in [0.1, 0.15) is 23.6 Å². The number of aryl methyl sites for hydroxylation is 1. The van der Waals surface area contributed by atoms with E-state index in [1.165, 1.54) is 7.11 Å². The Labute approximate surface area is 157 Å². The zero-order valence-electron chi connectivity index (χ0n) is 15.3. The topological polar surface area (TPSA) is 75.3 Å². The number of aromatic nitrogens is 2. The number of ether oxygens (including phenoxy) is 1. The maximum Gasteiger partial charge on any atom is 0.307 e. The van der Waals surface area contributed by atoms with Gasteiger partial charge in [-0.25, -0.2) is 0 Å². The third-order valence-electron chi connectivity index (χ3n) is 4.54. The largest absolute Gasteiger partial charge is 0.469 e. The molecule has 1 aromatic heterocycles. The van der Waals surface area contributed by atoms with Crippen LogP contribution >= 0.6 is 0 Å². The number of H-pyrrole nitrogens is 1. The predicted molar refractivity (Wildman–Crippen MR) is 103 cm³/mol. The van der Waals surface area contributed by atoms with Gasteiger partial charge in [-0.05, 0) is 35.7 Å². The lowest BCUT2D eigenvalue weighted by Gasteiger charge is -2.28. The Kier molecular flexibility index (Phi) is 5.66. The molecule has 2 aromatic carbocycles. The molecule has 0 radical (unpaired) electrons. The highest BCUT2D eigenvalue weighted by Gasteiger charge is 2.24. The highest BCUT2D eigenvalue weighted by molar-refractivity contribution is 5.81. The smallest absolute Gasteiger partial charge is 0.307 e. The number of carbonyl (C=O) groups excluding carboxylic acids is 2. The van der Waals surface area contributed by atoms with Crippen molar-refractivity contribution >= 4 is 18.1 Å². The molecule has 1 atom stereocenters. The van der Waals surface area contributed by atoms with E-state index < -0.39 is 6.04 Å². The highest BCUT2D eigenvalue weighted by Crippen LogP contribution is 2.32. The molecule has 0 fully saturated rings. The number of nitrogens with zero attached hydrogens (tertiary/aromatic N) is 2. The minimum atomic E-state index is -0.449. The van der Waals surface area contributed by atoms with Gasteiger partial charge >= 0.3 is 5.97 Å². The van der Waals surface area contributed by atoms with Crippen molar-refractivity contribution in [2.45, 2.75) is 19.4 Å². The minimum absolute atomic E-state index is 0.0712. The van der Waals surface area contributed by atoms with E-state index in [1.807, 2.05) is 61.7 Å². The molecule has 27 heavy (non-hydrogen) atoms. The number of esters is 1. The molecule has 0 aliphatic carbocycles. The molecule has 3 rings (SSSR count). The zero-order valence-corrected chi connectivity index (χ0v) is 15.3. The second-order valence-electron chi connectivity index (χ2n) is 6.21. The molecule has 0 bridgehead atoms. The van der Waals surface area contributed by atoms with Gasteiger partial charge < -0.3 is 9.64 Å². The summed E-state index contributed by atoms with van der Waals surface area (Å²) in [6, 6.07) is 14.8. The Morgan fingerprint density at radius 1 is 1.26 bits per heavy atom. The van der Waals surface area contributed by atoms with Crippen LogP contribution < -0.4 is 4.90 Å². The summed E-state index contributed by atoms with van der Waals surface area (Å²) in [5.41, 5.74) is 4.60. The number of carbonyl (C=O) groups is 2. The van der Waals surface area contributed by atoms with E-state index in [9.17, 15) is 9.59 Å². The van der Waals surface area contributed by atoms with Crippen LogP contribution in [0.5, 0.6) is 0 Å². The normalized spacial score (nSPS) is 11.6. The molecule has 1 N–H and O–H groups in total. The Hall–Kier alpha value is -3.41. The lowest BCUT2D eigenvalue weighted by Crippen LogP contribution is -2.29. The maximum atomic E-state index is 12.0. The first-order chi connectivity index (χ1) is 13.1. The van der Waals surface area contributed by atoms with Crippen LogP contribution in [0.15, 0.2) is 60.9 Å². The molecule has 6 heteroatoms. The molecule has 0 unspecified atom stereocenters. The third kappa shape index (κ3) is 4.06. The first kappa shape index (κ1) is 18.4. The number of amides is 1. The van der Waals surface area contributed by atoms with Gasteiger partial charge in [0.05, 0.1) is 25.8 Å². The van der Waals surface area contributed by atoms with Gasteiger partial charge in [0, 0.05) is 17.4 Å². The van der Waals surface area contributed by atoms with E-state index in [4.69, 9.17) is 4.74 Å². The van der Waals surface area contributed by atoms with E-state index >= 15 is 0 Å². The number of rotatable bonds is 7. The molecule has 6 nitrogen and oxygen atoms in total. The van der Waals surface area contributed by atoms with Gasteiger partial charge in [0.1, 0.15) is 0 Å². The van der Waals surface area contributed by atoms with Crippen LogP contribution in [0, 0.1) is 6.92 Å². The van der Waals surface area contributed by atoms with Gasteiger partial charge in [0.15, 0.2) is 0 Å². The summed E-state index contributed by atoms with van der Waals surface area (Å²) >= 11 is 0. The highest BCUT2D eigenvalue weighted by atomic mass is 16.5. The molecule has 1 amide bonds. The summed E-state index contributed by atoms with van der Waals surface area (Å²) in [7, 11) is 1.35. The van der Waals surface area contributed by atoms with Gasteiger partial charge in [-0.15, -0.1) is 0 Å². The maximum absolute atomic E-state index is 12.0. The predicted octanol–water partition coefficient (Wildman–Crippen LogP) is 3.65. The molecular formula is C21H21N3O3. The average molecular weight is 363 g/mol. The van der Waals surface area contributed by atoms with Crippen molar-refractivity contribution < 1.29 is 14.3 Å². The molecular weight excluding hydrogens is 342 g/mol. The van der Waals surface area contributed by atoms with Crippen molar-refractivity contribution in [1.82, 2.24) is 10.2 Å². The Balaban J connectivity index is 1.98. The zero-order chi connectivity index (χ0) is 19.2. The lowest BCUT2D eigenvalue weighted by molar-refractivity contribution is -0.141. The minimum Gasteiger partial charge on any atom is -0.469 e. The Bertz CT molecular complexity index is 908. The van der Waals surface area contributed by atoms with Gasteiger partial charge in [0.25, 0.3) is 0 Å². The number of nitrogens with one attached hydrogen (secondary N) is 1. The van der Waals surface area contributed by atoms with Crippen LogP contribution in [-0.2, 0) is 14.3 Å². The third-order valence-corrected chi connectivity index (χ3v) is 4.54. The number of hydrogen-bond donors (Lipinski definition) is 1. The second-order valence-corrected chi connectivity index (χ2v) is 6.21. The standard InChI is InChI=1S/C21H21N3O3/c1-15-10-18(8-9-19(15)17-12-22-23-13-17)24(14-25)20(11-21(26)27-2)16-6-4-3-5-7-16/h3-10,12-14,20H,11H2,1-2H3,(H,22,23)/t20-/m1/s1. The van der Waals surface area contributed by atoms with Gasteiger partial charge in [0.2, 0.25) is 6.41 Å². The fraction of sp³-hybridized carbons (Fsp3) is 0.190. The van der Waals surface area contributed by atoms with Crippen LogP contribution in [0.4, 0.5) is 5.69 Å². The van der Waals surface area contributed by atoms with E-state index in [1.54, 1.807) is 11.1 Å². The van der Waals surface area contributed by atoms with E-state index in [-0.39, 0.29) is 12.4 Å². The lowest BCUT2D eigenvalue weighted by atomic mass is 9.99. The fourth-order valence-corrected chi connectivity index (χ4v) is 3.14. The summed E-state index contributed by atoms with van der Waals surface area (Å²) in [5.74, 6) is -0.373. The van der Waals surface area contributed by atoms with Crippen molar-refractivity contribution in [2.75, 3.05) is 12.0 Å². The molecule has 1 heterocycles. The van der Waals surface area contributed by atoms with Gasteiger partial charge in [-0.3, -0.25) is 14.7 Å². The molecule has 3 aromatic rings. The quantitative estimate of drug-likeness (QED) is 0.513. The second kappa shape index (κ2) is 8.31. The molecule has 0 saturated carbocycles. The Morgan fingerprint density at radius 2 is 2.04 bits per heavy atom. The van der Waals surface area contributed by atoms with E-state index in [0.717, 1.165) is 28.7 Å². The van der Waals surface area contributed by atoms with Crippen molar-refractivity contribution in [1.29, 1.82) is 0 Å². The van der Waals surface area contributed by atoms with Gasteiger partial charge in [-0.2, -0.15) is 5.10 Å². The SMILES string of the molecule is COC(=O)C[C@H](c1ccccc1)N(C=O)c1ccc(-c2cn[nH]c2)c(C)c1. The first-order valence-electron chi connectivity index (χ1n) is 8.59. The van der Waals surface area contributed by atoms with E-state index in [2.05, 4.69) is 10.2 Å². The molecule has 0 saturated heterocycles. The van der Waals surface area contributed by atoms with Crippen molar-refractivity contribution in [3.63, 3.8) is 0 Å². The number of benzene rings is 2. The van der Waals surface area contributed by atoms with E-state index in [0.29, 0.717) is 5.69 Å². The summed E-state index contributed by atoms with van der Waals surface area (Å²) in [4.78, 5) is 25.5. The summed E-state index contributed by atoms with van der Waals surface area (Å²) in [6.07, 6.45) is 4.40. The summed E-state index contributed by atoms with van der Waals surface area (Å²) in [6.45, 7) is 1.98. The van der Waals surface area contributed by atoms with Crippen LogP contribution in [0.3, 0.4) is 0 Å². The van der Waals surface area contributed by atoms with Crippen molar-refractivity contribution in [3.8, 4) is 11.1 Å². The average Bonchev–Trinajstić information content (AvgIpc) is 3.23. The molecule has 0 aliphatic heterocycles. The van der Waals surface area contributed by atoms with Crippen LogP contribution in [-0.4, -0.2) is 29.7 Å². The van der Waals surface area contributed by atoms with Gasteiger partial charge in [-0.1, -0.05) is 36.4 Å². The summed E-state index contributed by atoms with van der Waals surface area (Å²) < 4.78 is 4.83. The van der Waals surface area contributed by atoms with Crippen LogP contribution in [0.2, 0.25) is 0 Å². The number of aromatic amines is 1. The summed E-state index contributed by atoms with van der Waals surface area (Å²) in [5, 5.41) is 6.78. The molecule has 0 spiro atoms. The monoisotopic (exact) mass is 363 g/mol. The number of hydrogen-bond acceptors (Lipinski definition) is 4. The molecule has 138 valence electrons. The number of anilines is 1. The molecule has 0 aliphatic rings. The van der Waals surface area contributed by atoms with Crippen molar-refractivity contribution in [2.24, 2.45) is 0 Å². The Morgan fingerprint density at radius 3 is 2.63 bits per heavy atom. The van der Waals surface area contributed by atoms with Crippen molar-refractivity contribution in [3.05, 3.63) is 72.1 Å². The fourth-order valence-electron chi connectivity index (χ4n) is 3.14. The van der Waals surface area contributed by atoms with Crippen LogP contribution in [0.25, 0.3) is 11.1 Å². The first-order valence-corrected chi connectivity index (χ1v) is 8.59. The number of methoxy groups -OCH3 is 1.